The minimum Gasteiger partial charge on any atom is -0.394 e. The van der Waals surface area contributed by atoms with Gasteiger partial charge in [-0.25, -0.2) is 0 Å². The van der Waals surface area contributed by atoms with Crippen LogP contribution in [0.2, 0.25) is 0 Å². The summed E-state index contributed by atoms with van der Waals surface area (Å²) in [6, 6.07) is 0. The SMILES string of the molecule is OC[C@H]1O[C@H](O[C@H]2[C@H](O)[C@@H](CO)O[C@H](O)[C@H]2O[C@@H]2OC[C@@H](O)[C@H](O)[C@H]2O)[C@@H](O)[C@@H](O)[C@@H]1O. The third-order valence-corrected chi connectivity index (χ3v) is 5.70. The van der Waals surface area contributed by atoms with E-state index in [2.05, 4.69) is 0 Å². The number of aliphatic hydroxyl groups excluding tert-OH is 10. The van der Waals surface area contributed by atoms with E-state index in [4.69, 9.17) is 23.7 Å². The lowest BCUT2D eigenvalue weighted by Gasteiger charge is -2.47. The van der Waals surface area contributed by atoms with Crippen molar-refractivity contribution in [2.75, 3.05) is 19.8 Å². The van der Waals surface area contributed by atoms with E-state index in [1.165, 1.54) is 0 Å². The first-order valence-electron chi connectivity index (χ1n) is 10.00. The van der Waals surface area contributed by atoms with Gasteiger partial charge in [-0.1, -0.05) is 0 Å². The van der Waals surface area contributed by atoms with Gasteiger partial charge in [-0.15, -0.1) is 0 Å². The Bertz CT molecular complexity index is 594. The van der Waals surface area contributed by atoms with Crippen LogP contribution in [0, 0.1) is 0 Å². The minimum atomic E-state index is -1.87. The smallest absolute Gasteiger partial charge is 0.187 e. The van der Waals surface area contributed by atoms with E-state index in [-0.39, 0.29) is 0 Å². The van der Waals surface area contributed by atoms with Gasteiger partial charge >= 0.3 is 0 Å². The zero-order valence-corrected chi connectivity index (χ0v) is 16.7. The Morgan fingerprint density at radius 2 is 1.16 bits per heavy atom. The predicted octanol–water partition coefficient (Wildman–Crippen LogP) is -6.93. The van der Waals surface area contributed by atoms with Crippen molar-refractivity contribution in [1.29, 1.82) is 0 Å². The van der Waals surface area contributed by atoms with E-state index in [1.807, 2.05) is 0 Å². The van der Waals surface area contributed by atoms with Crippen LogP contribution in [0.25, 0.3) is 0 Å². The van der Waals surface area contributed by atoms with E-state index in [0.29, 0.717) is 0 Å². The van der Waals surface area contributed by atoms with Crippen LogP contribution in [0.4, 0.5) is 0 Å². The summed E-state index contributed by atoms with van der Waals surface area (Å²) in [4.78, 5) is 0. The molecule has 10 N–H and O–H groups in total. The van der Waals surface area contributed by atoms with Gasteiger partial charge in [0.1, 0.15) is 67.1 Å². The molecule has 3 fully saturated rings. The second-order valence-electron chi connectivity index (χ2n) is 7.89. The molecule has 188 valence electrons. The highest BCUT2D eigenvalue weighted by Crippen LogP contribution is 2.31. The number of hydrogen-bond donors (Lipinski definition) is 10. The van der Waals surface area contributed by atoms with Crippen molar-refractivity contribution < 1.29 is 74.7 Å². The lowest BCUT2D eigenvalue weighted by molar-refractivity contribution is -0.382. The summed E-state index contributed by atoms with van der Waals surface area (Å²) in [5.74, 6) is 0. The van der Waals surface area contributed by atoms with Gasteiger partial charge in [0.05, 0.1) is 19.8 Å². The van der Waals surface area contributed by atoms with Crippen LogP contribution in [-0.2, 0) is 23.7 Å². The zero-order valence-electron chi connectivity index (χ0n) is 16.7. The summed E-state index contributed by atoms with van der Waals surface area (Å²) < 4.78 is 26.4. The fourth-order valence-corrected chi connectivity index (χ4v) is 3.75. The Balaban J connectivity index is 1.80. The van der Waals surface area contributed by atoms with Crippen molar-refractivity contribution in [3.63, 3.8) is 0 Å². The number of ether oxygens (including phenoxy) is 5. The summed E-state index contributed by atoms with van der Waals surface area (Å²) in [6.07, 6.45) is -23.0. The van der Waals surface area contributed by atoms with E-state index >= 15 is 0 Å². The van der Waals surface area contributed by atoms with E-state index in [0.717, 1.165) is 0 Å². The van der Waals surface area contributed by atoms with Gasteiger partial charge in [-0.05, 0) is 0 Å². The van der Waals surface area contributed by atoms with Crippen molar-refractivity contribution in [1.82, 2.24) is 0 Å². The summed E-state index contributed by atoms with van der Waals surface area (Å²) >= 11 is 0. The highest BCUT2D eigenvalue weighted by atomic mass is 16.8. The van der Waals surface area contributed by atoms with Gasteiger partial charge < -0.3 is 74.7 Å². The lowest BCUT2D eigenvalue weighted by atomic mass is 9.96. The lowest BCUT2D eigenvalue weighted by Crippen LogP contribution is -2.66. The Morgan fingerprint density at radius 3 is 1.78 bits per heavy atom. The Labute approximate surface area is 181 Å². The molecule has 0 radical (unpaired) electrons. The molecule has 0 unspecified atom stereocenters. The van der Waals surface area contributed by atoms with Crippen LogP contribution in [0.15, 0.2) is 0 Å². The zero-order chi connectivity index (χ0) is 23.7. The topological polar surface area (TPSA) is 248 Å². The maximum atomic E-state index is 10.6. The summed E-state index contributed by atoms with van der Waals surface area (Å²) in [5, 5.41) is 99.2. The standard InChI is InChI=1S/C17H30O15/c18-1-5-8(22)10(24)12(26)17(30-5)31-13-9(23)6(2-19)29-15(27)14(13)32-16-11(25)7(21)4(20)3-28-16/h4-27H,1-3H2/t4-,5-,6-,7+,8-,9-,10+,11-,12+,13+,14+,15+,16+,17-/m1/s1. The molecule has 0 spiro atoms. The highest BCUT2D eigenvalue weighted by Gasteiger charge is 2.52. The summed E-state index contributed by atoms with van der Waals surface area (Å²) in [5.41, 5.74) is 0. The maximum absolute atomic E-state index is 10.6. The van der Waals surface area contributed by atoms with Gasteiger partial charge in [-0.3, -0.25) is 0 Å². The fraction of sp³-hybridized carbons (Fsp3) is 1.00. The average molecular weight is 474 g/mol. The van der Waals surface area contributed by atoms with Gasteiger partial charge in [0.15, 0.2) is 18.9 Å². The molecule has 15 heteroatoms. The third kappa shape index (κ3) is 5.07. The first-order valence-corrected chi connectivity index (χ1v) is 10.00. The molecule has 0 amide bonds. The van der Waals surface area contributed by atoms with Crippen molar-refractivity contribution in [3.05, 3.63) is 0 Å². The largest absolute Gasteiger partial charge is 0.394 e. The normalized spacial score (nSPS) is 52.7. The molecule has 3 heterocycles. The predicted molar refractivity (Wildman–Crippen MR) is 95.2 cm³/mol. The molecule has 0 aliphatic carbocycles. The molecule has 15 nitrogen and oxygen atoms in total. The Morgan fingerprint density at radius 1 is 0.594 bits per heavy atom. The van der Waals surface area contributed by atoms with E-state index in [1.54, 1.807) is 0 Å². The van der Waals surface area contributed by atoms with E-state index < -0.39 is 106 Å². The summed E-state index contributed by atoms with van der Waals surface area (Å²) in [6.45, 7) is -1.93. The first kappa shape index (κ1) is 26.0. The molecule has 0 aromatic rings. The van der Waals surface area contributed by atoms with Crippen LogP contribution in [0.5, 0.6) is 0 Å². The van der Waals surface area contributed by atoms with Crippen LogP contribution in [0.1, 0.15) is 0 Å². The van der Waals surface area contributed by atoms with Crippen LogP contribution < -0.4 is 0 Å². The molecule has 0 bridgehead atoms. The summed E-state index contributed by atoms with van der Waals surface area (Å²) in [7, 11) is 0. The number of rotatable bonds is 6. The molecule has 3 rings (SSSR count). The third-order valence-electron chi connectivity index (χ3n) is 5.70. The van der Waals surface area contributed by atoms with Gasteiger partial charge in [0.2, 0.25) is 0 Å². The molecule has 14 atom stereocenters. The molecular weight excluding hydrogens is 444 g/mol. The van der Waals surface area contributed by atoms with Crippen LogP contribution in [-0.4, -0.2) is 157 Å². The monoisotopic (exact) mass is 474 g/mol. The molecule has 0 aromatic carbocycles. The van der Waals surface area contributed by atoms with E-state index in [9.17, 15) is 51.1 Å². The molecule has 3 aliphatic heterocycles. The highest BCUT2D eigenvalue weighted by molar-refractivity contribution is 4.95. The average Bonchev–Trinajstić information content (AvgIpc) is 2.78. The Kier molecular flexibility index (Phi) is 8.75. The molecular formula is C17H30O15. The van der Waals surface area contributed by atoms with Gasteiger partial charge in [0, 0.05) is 0 Å². The molecule has 3 aliphatic rings. The molecule has 0 saturated carbocycles. The molecule has 32 heavy (non-hydrogen) atoms. The van der Waals surface area contributed by atoms with Gasteiger partial charge in [0.25, 0.3) is 0 Å². The van der Waals surface area contributed by atoms with Crippen molar-refractivity contribution in [3.8, 4) is 0 Å². The first-order chi connectivity index (χ1) is 15.1. The second kappa shape index (κ2) is 10.8. The second-order valence-corrected chi connectivity index (χ2v) is 7.89. The maximum Gasteiger partial charge on any atom is 0.187 e. The molecule has 3 saturated heterocycles. The quantitative estimate of drug-likeness (QED) is 0.172. The van der Waals surface area contributed by atoms with Gasteiger partial charge in [-0.2, -0.15) is 0 Å². The fourth-order valence-electron chi connectivity index (χ4n) is 3.75. The molecule has 0 aromatic heterocycles. The Hall–Kier alpha value is -0.600. The van der Waals surface area contributed by atoms with Crippen molar-refractivity contribution in [2.24, 2.45) is 0 Å². The van der Waals surface area contributed by atoms with Crippen LogP contribution >= 0.6 is 0 Å². The van der Waals surface area contributed by atoms with Crippen molar-refractivity contribution >= 4 is 0 Å². The van der Waals surface area contributed by atoms with Crippen LogP contribution in [0.3, 0.4) is 0 Å². The van der Waals surface area contributed by atoms with Crippen molar-refractivity contribution in [2.45, 2.75) is 86.0 Å². The number of aliphatic hydroxyl groups is 10. The number of hydrogen-bond acceptors (Lipinski definition) is 15. The minimum absolute atomic E-state index is 0.424.